The molecule has 176 valence electrons. The summed E-state index contributed by atoms with van der Waals surface area (Å²) in [6.07, 6.45) is 0. The van der Waals surface area contributed by atoms with E-state index in [0.717, 1.165) is 28.7 Å². The normalized spacial score (nSPS) is 11.3. The standard InChI is InChI=1S/C26H26N2O5S/c1-4-28(5-2)12-13-32-25(30)17-7-9-18(10-8-17)27-24(29)22-15-20-23(34-22)19-14-16(3)6-11-21(19)33-26(20)31/h6-11,14-15H,4-5,12-13H2,1-3H3,(H,27,29). The molecule has 2 heterocycles. The van der Waals surface area contributed by atoms with Crippen LogP contribution in [0.1, 0.15) is 39.4 Å². The van der Waals surface area contributed by atoms with Gasteiger partial charge in [-0.15, -0.1) is 11.3 Å². The van der Waals surface area contributed by atoms with Crippen molar-refractivity contribution in [2.24, 2.45) is 0 Å². The molecule has 0 bridgehead atoms. The Labute approximate surface area is 200 Å². The van der Waals surface area contributed by atoms with E-state index in [1.807, 2.05) is 19.1 Å². The zero-order chi connectivity index (χ0) is 24.2. The molecule has 4 rings (SSSR count). The molecule has 2 aromatic heterocycles. The molecule has 0 fully saturated rings. The van der Waals surface area contributed by atoms with Crippen LogP contribution in [0.2, 0.25) is 0 Å². The van der Waals surface area contributed by atoms with Crippen LogP contribution in [0.5, 0.6) is 0 Å². The van der Waals surface area contributed by atoms with Gasteiger partial charge in [0.15, 0.2) is 0 Å². The Morgan fingerprint density at radius 1 is 1.03 bits per heavy atom. The number of hydrogen-bond donors (Lipinski definition) is 1. The Morgan fingerprint density at radius 3 is 2.47 bits per heavy atom. The molecule has 0 saturated heterocycles. The summed E-state index contributed by atoms with van der Waals surface area (Å²) in [6, 6.07) is 13.7. The summed E-state index contributed by atoms with van der Waals surface area (Å²) in [4.78, 5) is 40.1. The Bertz CT molecular complexity index is 1400. The maximum Gasteiger partial charge on any atom is 0.345 e. The highest BCUT2D eigenvalue weighted by molar-refractivity contribution is 7.21. The number of likely N-dealkylation sites (N-methyl/N-ethyl adjacent to an activating group) is 1. The van der Waals surface area contributed by atoms with Crippen LogP contribution in [0, 0.1) is 6.92 Å². The molecule has 0 aliphatic heterocycles. The number of esters is 1. The molecule has 0 aliphatic carbocycles. The van der Waals surface area contributed by atoms with E-state index < -0.39 is 11.6 Å². The molecule has 4 aromatic rings. The lowest BCUT2D eigenvalue weighted by molar-refractivity contribution is 0.0466. The fourth-order valence-corrected chi connectivity index (χ4v) is 4.75. The van der Waals surface area contributed by atoms with Gasteiger partial charge in [-0.05, 0) is 62.5 Å². The van der Waals surface area contributed by atoms with E-state index in [2.05, 4.69) is 24.1 Å². The van der Waals surface area contributed by atoms with Crippen molar-refractivity contribution in [1.82, 2.24) is 4.90 Å². The third-order valence-electron chi connectivity index (χ3n) is 5.67. The van der Waals surface area contributed by atoms with Crippen molar-refractivity contribution in [3.05, 3.63) is 75.0 Å². The SMILES string of the molecule is CCN(CC)CCOC(=O)c1ccc(NC(=O)c2cc3c(=O)oc4ccc(C)cc4c3s2)cc1. The van der Waals surface area contributed by atoms with E-state index in [4.69, 9.17) is 9.15 Å². The molecular formula is C26H26N2O5S. The van der Waals surface area contributed by atoms with E-state index in [9.17, 15) is 14.4 Å². The maximum absolute atomic E-state index is 12.8. The largest absolute Gasteiger partial charge is 0.461 e. The molecule has 34 heavy (non-hydrogen) atoms. The minimum absolute atomic E-state index is 0.327. The predicted octanol–water partition coefficient (Wildman–Crippen LogP) is 5.07. The van der Waals surface area contributed by atoms with Crippen molar-refractivity contribution >= 4 is 50.0 Å². The van der Waals surface area contributed by atoms with Crippen LogP contribution >= 0.6 is 11.3 Å². The van der Waals surface area contributed by atoms with Crippen LogP contribution in [0.3, 0.4) is 0 Å². The first kappa shape index (κ1) is 23.7. The zero-order valence-corrected chi connectivity index (χ0v) is 20.2. The lowest BCUT2D eigenvalue weighted by Crippen LogP contribution is -2.27. The second-order valence-electron chi connectivity index (χ2n) is 7.94. The summed E-state index contributed by atoms with van der Waals surface area (Å²) in [7, 11) is 0. The van der Waals surface area contributed by atoms with E-state index in [1.54, 1.807) is 36.4 Å². The van der Waals surface area contributed by atoms with Crippen LogP contribution in [0.25, 0.3) is 21.1 Å². The number of amides is 1. The fraction of sp³-hybridized carbons (Fsp3) is 0.269. The number of nitrogens with zero attached hydrogens (tertiary/aromatic N) is 1. The number of benzene rings is 2. The van der Waals surface area contributed by atoms with E-state index >= 15 is 0 Å². The molecule has 0 spiro atoms. The van der Waals surface area contributed by atoms with Crippen LogP contribution in [-0.2, 0) is 4.74 Å². The number of carbonyl (C=O) groups excluding carboxylic acids is 2. The molecule has 1 amide bonds. The van der Waals surface area contributed by atoms with Gasteiger partial charge in [-0.3, -0.25) is 4.79 Å². The Balaban J connectivity index is 1.46. The van der Waals surface area contributed by atoms with Gasteiger partial charge < -0.3 is 19.4 Å². The van der Waals surface area contributed by atoms with E-state index in [-0.39, 0.29) is 5.91 Å². The Hall–Kier alpha value is -3.49. The van der Waals surface area contributed by atoms with Crippen molar-refractivity contribution in [3.8, 4) is 0 Å². The number of ether oxygens (including phenoxy) is 1. The summed E-state index contributed by atoms with van der Waals surface area (Å²) < 4.78 is 11.5. The third-order valence-corrected chi connectivity index (χ3v) is 6.84. The number of thiophene rings is 1. The molecule has 0 radical (unpaired) electrons. The summed E-state index contributed by atoms with van der Waals surface area (Å²) in [5.41, 5.74) is 2.02. The fourth-order valence-electron chi connectivity index (χ4n) is 3.69. The number of hydrogen-bond acceptors (Lipinski definition) is 7. The van der Waals surface area contributed by atoms with E-state index in [1.165, 1.54) is 11.3 Å². The molecule has 7 nitrogen and oxygen atoms in total. The molecule has 0 unspecified atom stereocenters. The smallest absolute Gasteiger partial charge is 0.345 e. The van der Waals surface area contributed by atoms with Gasteiger partial charge in [0.1, 0.15) is 12.2 Å². The molecule has 0 atom stereocenters. The molecular weight excluding hydrogens is 452 g/mol. The van der Waals surface area contributed by atoms with Crippen molar-refractivity contribution in [3.63, 3.8) is 0 Å². The van der Waals surface area contributed by atoms with Gasteiger partial charge in [0, 0.05) is 17.6 Å². The number of carbonyl (C=O) groups is 2. The van der Waals surface area contributed by atoms with Gasteiger partial charge in [-0.1, -0.05) is 25.5 Å². The van der Waals surface area contributed by atoms with Crippen molar-refractivity contribution in [1.29, 1.82) is 0 Å². The molecule has 1 N–H and O–H groups in total. The van der Waals surface area contributed by atoms with Crippen LogP contribution in [-0.4, -0.2) is 43.0 Å². The highest BCUT2D eigenvalue weighted by atomic mass is 32.1. The number of rotatable bonds is 8. The highest BCUT2D eigenvalue weighted by Crippen LogP contribution is 2.31. The average Bonchev–Trinajstić information content (AvgIpc) is 3.30. The minimum atomic E-state index is -0.467. The lowest BCUT2D eigenvalue weighted by Gasteiger charge is -2.17. The second kappa shape index (κ2) is 10.2. The molecule has 2 aromatic carbocycles. The van der Waals surface area contributed by atoms with Gasteiger partial charge in [0.25, 0.3) is 5.91 Å². The van der Waals surface area contributed by atoms with Gasteiger partial charge in [-0.2, -0.15) is 0 Å². The third kappa shape index (κ3) is 5.03. The summed E-state index contributed by atoms with van der Waals surface area (Å²) in [5, 5.41) is 4.01. The molecule has 0 aliphatic rings. The first-order valence-corrected chi connectivity index (χ1v) is 12.0. The van der Waals surface area contributed by atoms with Crippen LogP contribution in [0.15, 0.2) is 57.7 Å². The van der Waals surface area contributed by atoms with Crippen molar-refractivity contribution in [2.45, 2.75) is 20.8 Å². The number of nitrogens with one attached hydrogen (secondary N) is 1. The summed E-state index contributed by atoms with van der Waals surface area (Å²) >= 11 is 1.25. The van der Waals surface area contributed by atoms with E-state index in [0.29, 0.717) is 40.2 Å². The average molecular weight is 479 g/mol. The van der Waals surface area contributed by atoms with Gasteiger partial charge in [0.2, 0.25) is 0 Å². The van der Waals surface area contributed by atoms with Crippen molar-refractivity contribution < 1.29 is 18.7 Å². The number of anilines is 1. The first-order valence-electron chi connectivity index (χ1n) is 11.2. The van der Waals surface area contributed by atoms with Gasteiger partial charge in [0.05, 0.1) is 20.5 Å². The quantitative estimate of drug-likeness (QED) is 0.281. The monoisotopic (exact) mass is 478 g/mol. The van der Waals surface area contributed by atoms with Crippen molar-refractivity contribution in [2.75, 3.05) is 31.6 Å². The predicted molar refractivity (Wildman–Crippen MR) is 135 cm³/mol. The second-order valence-corrected chi connectivity index (χ2v) is 8.99. The summed E-state index contributed by atoms with van der Waals surface area (Å²) in [5.74, 6) is -0.737. The number of fused-ring (bicyclic) bond motifs is 3. The van der Waals surface area contributed by atoms with Gasteiger partial charge >= 0.3 is 11.6 Å². The topological polar surface area (TPSA) is 88.9 Å². The van der Waals surface area contributed by atoms with Gasteiger partial charge in [-0.25, -0.2) is 9.59 Å². The minimum Gasteiger partial charge on any atom is -0.461 e. The maximum atomic E-state index is 12.8. The molecule has 8 heteroatoms. The summed E-state index contributed by atoms with van der Waals surface area (Å²) in [6.45, 7) is 8.92. The Kier molecular flexibility index (Phi) is 7.09. The van der Waals surface area contributed by atoms with Crippen LogP contribution < -0.4 is 10.9 Å². The van der Waals surface area contributed by atoms with Crippen LogP contribution in [0.4, 0.5) is 5.69 Å². The molecule has 0 saturated carbocycles. The number of aryl methyl sites for hydroxylation is 1. The zero-order valence-electron chi connectivity index (χ0n) is 19.3. The first-order chi connectivity index (χ1) is 16.4. The lowest BCUT2D eigenvalue weighted by atomic mass is 10.1. The highest BCUT2D eigenvalue weighted by Gasteiger charge is 2.17. The Morgan fingerprint density at radius 2 is 1.76 bits per heavy atom.